The van der Waals surface area contributed by atoms with Crippen LogP contribution in [0.25, 0.3) is 11.1 Å². The lowest BCUT2D eigenvalue weighted by atomic mass is 10.00. The Bertz CT molecular complexity index is 1380. The van der Waals surface area contributed by atoms with Crippen LogP contribution in [-0.4, -0.2) is 90.5 Å². The van der Waals surface area contributed by atoms with Crippen molar-refractivity contribution in [3.63, 3.8) is 0 Å². The van der Waals surface area contributed by atoms with E-state index in [0.29, 0.717) is 12.8 Å². The molecule has 2 rings (SSSR count). The lowest BCUT2D eigenvalue weighted by molar-refractivity contribution is -0.138. The van der Waals surface area contributed by atoms with Gasteiger partial charge in [-0.1, -0.05) is 80.6 Å². The summed E-state index contributed by atoms with van der Waals surface area (Å²) in [5.41, 5.74) is 19.3. The van der Waals surface area contributed by atoms with Gasteiger partial charge in [0.1, 0.15) is 24.2 Å². The van der Waals surface area contributed by atoms with Crippen LogP contribution in [0.3, 0.4) is 0 Å². The standard InChI is InChI=1S/C33H48N8O6S/c1-3-8-24(31(45)39-25(11-7-17-34)30(44)37-20-28(42)41(2)27(16-18-35)29(36)43)38-32(46)26(40-33(47)48)19-21-12-14-23(15-13-21)22-9-5-4-6-10-22/h4-6,9-10,12-15,24-27H,3,7-8,11,16-20,34-35H2,1-2H3,(H2,36,43)(H,37,44)(H,38,46)(H,39,45)(H2,40,47,48). The first-order valence-electron chi connectivity index (χ1n) is 15.9. The summed E-state index contributed by atoms with van der Waals surface area (Å²) in [6.07, 6.45) is 1.61. The van der Waals surface area contributed by atoms with E-state index < -0.39 is 65.5 Å². The summed E-state index contributed by atoms with van der Waals surface area (Å²) in [7, 11) is 1.38. The smallest absolute Gasteiger partial charge is 0.276 e. The van der Waals surface area contributed by atoms with Gasteiger partial charge in [-0.2, -0.15) is 0 Å². The van der Waals surface area contributed by atoms with Crippen molar-refractivity contribution in [2.75, 3.05) is 26.7 Å². The Morgan fingerprint density at radius 2 is 1.33 bits per heavy atom. The average molecular weight is 685 g/mol. The van der Waals surface area contributed by atoms with E-state index in [9.17, 15) is 28.8 Å². The minimum Gasteiger partial charge on any atom is -0.368 e. The molecule has 2 aromatic carbocycles. The number of thiol groups is 1. The predicted octanol–water partition coefficient (Wildman–Crippen LogP) is 0.190. The van der Waals surface area contributed by atoms with Crippen LogP contribution >= 0.6 is 12.6 Å². The van der Waals surface area contributed by atoms with E-state index in [-0.39, 0.29) is 38.8 Å². The third-order valence-electron chi connectivity index (χ3n) is 7.70. The number of carbonyl (C=O) groups excluding carboxylic acids is 6. The first kappa shape index (κ1) is 39.7. The van der Waals surface area contributed by atoms with Gasteiger partial charge in [-0.3, -0.25) is 28.8 Å². The Morgan fingerprint density at radius 3 is 1.88 bits per heavy atom. The van der Waals surface area contributed by atoms with Gasteiger partial charge in [-0.15, -0.1) is 0 Å². The van der Waals surface area contributed by atoms with Crippen molar-refractivity contribution in [2.24, 2.45) is 17.2 Å². The molecule has 6 amide bonds. The first-order valence-corrected chi connectivity index (χ1v) is 16.3. The van der Waals surface area contributed by atoms with Crippen molar-refractivity contribution >= 4 is 47.4 Å². The molecule has 48 heavy (non-hydrogen) atoms. The summed E-state index contributed by atoms with van der Waals surface area (Å²) in [5.74, 6) is -3.17. The number of amides is 6. The minimum atomic E-state index is -1.07. The van der Waals surface area contributed by atoms with Crippen molar-refractivity contribution in [3.8, 4) is 11.1 Å². The third-order valence-corrected chi connectivity index (χ3v) is 7.83. The largest absolute Gasteiger partial charge is 0.368 e. The highest BCUT2D eigenvalue weighted by Gasteiger charge is 2.30. The second kappa shape index (κ2) is 20.7. The van der Waals surface area contributed by atoms with Crippen molar-refractivity contribution in [1.82, 2.24) is 26.2 Å². The van der Waals surface area contributed by atoms with E-state index in [4.69, 9.17) is 17.2 Å². The number of benzene rings is 2. The van der Waals surface area contributed by atoms with Gasteiger partial charge in [0.2, 0.25) is 29.5 Å². The summed E-state index contributed by atoms with van der Waals surface area (Å²) in [6, 6.07) is 13.3. The molecule has 14 nitrogen and oxygen atoms in total. The molecule has 0 aliphatic rings. The van der Waals surface area contributed by atoms with E-state index >= 15 is 0 Å². The fourth-order valence-electron chi connectivity index (χ4n) is 5.02. The van der Waals surface area contributed by atoms with Crippen molar-refractivity contribution in [3.05, 3.63) is 60.2 Å². The Hall–Kier alpha value is -4.47. The molecule has 0 saturated carbocycles. The fraction of sp³-hybridized carbons (Fsp3) is 0.455. The van der Waals surface area contributed by atoms with E-state index in [1.54, 1.807) is 0 Å². The normalized spacial score (nSPS) is 13.3. The number of hydrogen-bond donors (Lipinski definition) is 8. The van der Waals surface area contributed by atoms with Gasteiger partial charge in [0.05, 0.1) is 6.54 Å². The van der Waals surface area contributed by atoms with Gasteiger partial charge in [0.15, 0.2) is 0 Å². The molecular formula is C33H48N8O6S. The monoisotopic (exact) mass is 684 g/mol. The van der Waals surface area contributed by atoms with Crippen molar-refractivity contribution < 1.29 is 28.8 Å². The topological polar surface area (TPSA) is 232 Å². The number of carbonyl (C=O) groups is 6. The fourth-order valence-corrected chi connectivity index (χ4v) is 5.18. The molecule has 4 unspecified atom stereocenters. The summed E-state index contributed by atoms with van der Waals surface area (Å²) < 4.78 is 0. The van der Waals surface area contributed by atoms with Crippen LogP contribution in [-0.2, 0) is 30.4 Å². The number of rotatable bonds is 20. The molecule has 262 valence electrons. The maximum absolute atomic E-state index is 13.4. The Balaban J connectivity index is 2.12. The van der Waals surface area contributed by atoms with Crippen LogP contribution in [0.2, 0.25) is 0 Å². The molecule has 0 heterocycles. The number of nitrogens with two attached hydrogens (primary N) is 3. The summed E-state index contributed by atoms with van der Waals surface area (Å²) in [5, 5.41) is 9.70. The molecule has 0 spiro atoms. The molecule has 0 aromatic heterocycles. The van der Waals surface area contributed by atoms with Crippen LogP contribution in [0.5, 0.6) is 0 Å². The number of nitrogens with one attached hydrogen (secondary N) is 4. The highest BCUT2D eigenvalue weighted by Crippen LogP contribution is 2.20. The van der Waals surface area contributed by atoms with Gasteiger partial charge in [-0.25, -0.2) is 0 Å². The summed E-state index contributed by atoms with van der Waals surface area (Å²) >= 11 is 3.79. The number of primary amides is 1. The SMILES string of the molecule is CCCC(NC(=O)C(Cc1ccc(-c2ccccc2)cc1)NC(=O)S)C(=O)NC(CCCN)C(=O)NCC(=O)N(C)C(CCN)C(N)=O. The van der Waals surface area contributed by atoms with E-state index in [1.165, 1.54) is 7.05 Å². The molecule has 2 aromatic rings. The average Bonchev–Trinajstić information content (AvgIpc) is 3.07. The quantitative estimate of drug-likeness (QED) is 0.0895. The zero-order valence-electron chi connectivity index (χ0n) is 27.4. The zero-order chi connectivity index (χ0) is 35.6. The highest BCUT2D eigenvalue weighted by atomic mass is 32.1. The molecule has 10 N–H and O–H groups in total. The molecule has 0 fully saturated rings. The molecule has 15 heteroatoms. The van der Waals surface area contributed by atoms with Gasteiger partial charge in [-0.05, 0) is 55.5 Å². The van der Waals surface area contributed by atoms with Crippen LogP contribution in [0.1, 0.15) is 44.6 Å². The molecule has 0 bridgehead atoms. The first-order chi connectivity index (χ1) is 22.9. The highest BCUT2D eigenvalue weighted by molar-refractivity contribution is 7.96. The number of nitrogens with zero attached hydrogens (tertiary/aromatic N) is 1. The van der Waals surface area contributed by atoms with E-state index in [0.717, 1.165) is 21.6 Å². The van der Waals surface area contributed by atoms with Gasteiger partial charge >= 0.3 is 0 Å². The van der Waals surface area contributed by atoms with Crippen molar-refractivity contribution in [1.29, 1.82) is 0 Å². The minimum absolute atomic E-state index is 0.129. The summed E-state index contributed by atoms with van der Waals surface area (Å²) in [4.78, 5) is 77.4. The molecule has 0 aliphatic carbocycles. The Morgan fingerprint density at radius 1 is 0.750 bits per heavy atom. The zero-order valence-corrected chi connectivity index (χ0v) is 28.3. The summed E-state index contributed by atoms with van der Waals surface area (Å²) in [6.45, 7) is 1.75. The number of likely N-dealkylation sites (N-methyl/N-ethyl adjacent to an activating group) is 1. The van der Waals surface area contributed by atoms with Crippen LogP contribution < -0.4 is 38.5 Å². The molecule has 0 aliphatic heterocycles. The van der Waals surface area contributed by atoms with Gasteiger partial charge in [0, 0.05) is 13.5 Å². The Kier molecular flexibility index (Phi) is 17.1. The maximum Gasteiger partial charge on any atom is 0.276 e. The van der Waals surface area contributed by atoms with Gasteiger partial charge in [0.25, 0.3) is 5.24 Å². The Labute approximate surface area is 286 Å². The number of hydrogen-bond acceptors (Lipinski definition) is 8. The third kappa shape index (κ3) is 13.0. The van der Waals surface area contributed by atoms with E-state index in [1.807, 2.05) is 61.5 Å². The van der Waals surface area contributed by atoms with Crippen LogP contribution in [0.4, 0.5) is 4.79 Å². The molecular weight excluding hydrogens is 636 g/mol. The van der Waals surface area contributed by atoms with Crippen LogP contribution in [0, 0.1) is 0 Å². The molecule has 0 saturated heterocycles. The lowest BCUT2D eigenvalue weighted by Crippen LogP contribution is -2.57. The molecule has 4 atom stereocenters. The predicted molar refractivity (Wildman–Crippen MR) is 186 cm³/mol. The van der Waals surface area contributed by atoms with E-state index in [2.05, 4.69) is 33.9 Å². The van der Waals surface area contributed by atoms with Crippen LogP contribution in [0.15, 0.2) is 54.6 Å². The van der Waals surface area contributed by atoms with Crippen molar-refractivity contribution in [2.45, 2.75) is 69.6 Å². The second-order valence-electron chi connectivity index (χ2n) is 11.3. The van der Waals surface area contributed by atoms with Gasteiger partial charge < -0.3 is 43.4 Å². The molecule has 0 radical (unpaired) electrons. The maximum atomic E-state index is 13.4. The second-order valence-corrected chi connectivity index (χ2v) is 11.7. The lowest BCUT2D eigenvalue weighted by Gasteiger charge is -2.27.